The molecule has 3 nitrogen and oxygen atoms in total. The van der Waals surface area contributed by atoms with E-state index >= 15 is 0 Å². The zero-order valence-electron chi connectivity index (χ0n) is 16.3. The van der Waals surface area contributed by atoms with Crippen molar-refractivity contribution in [2.24, 2.45) is 0 Å². The summed E-state index contributed by atoms with van der Waals surface area (Å²) in [5.74, 6) is 0.551. The topological polar surface area (TPSA) is 18.5 Å². The lowest BCUT2D eigenvalue weighted by atomic mass is 10.0. The van der Waals surface area contributed by atoms with Crippen molar-refractivity contribution in [3.05, 3.63) is 71.8 Å². The highest BCUT2D eigenvalue weighted by atomic mass is 32.1. The SMILES string of the molecule is CC(C)c1ccc(NC(=S)N2CCN(CC=Cc3ccccc3)CC2)cc1. The van der Waals surface area contributed by atoms with E-state index in [1.54, 1.807) is 0 Å². The van der Waals surface area contributed by atoms with Gasteiger partial charge >= 0.3 is 0 Å². The zero-order valence-corrected chi connectivity index (χ0v) is 17.1. The summed E-state index contributed by atoms with van der Waals surface area (Å²) in [4.78, 5) is 4.74. The van der Waals surface area contributed by atoms with Gasteiger partial charge in [-0.15, -0.1) is 0 Å². The first-order chi connectivity index (χ1) is 13.1. The zero-order chi connectivity index (χ0) is 19.1. The summed E-state index contributed by atoms with van der Waals surface area (Å²) in [7, 11) is 0. The molecule has 2 aromatic rings. The molecule has 0 atom stereocenters. The minimum atomic E-state index is 0.551. The normalized spacial score (nSPS) is 15.4. The molecule has 27 heavy (non-hydrogen) atoms. The molecule has 3 rings (SSSR count). The van der Waals surface area contributed by atoms with E-state index in [9.17, 15) is 0 Å². The van der Waals surface area contributed by atoms with E-state index in [1.807, 2.05) is 6.07 Å². The Bertz CT molecular complexity index is 745. The molecular formula is C23H29N3S. The number of hydrogen-bond donors (Lipinski definition) is 1. The molecule has 0 saturated carbocycles. The molecule has 1 aliphatic rings. The van der Waals surface area contributed by atoms with E-state index in [1.165, 1.54) is 11.1 Å². The third-order valence-corrected chi connectivity index (χ3v) is 5.32. The number of nitrogens with one attached hydrogen (secondary N) is 1. The summed E-state index contributed by atoms with van der Waals surface area (Å²) in [6.07, 6.45) is 4.44. The molecule has 0 radical (unpaired) electrons. The Morgan fingerprint density at radius 1 is 1.00 bits per heavy atom. The lowest BCUT2D eigenvalue weighted by Crippen LogP contribution is -2.49. The fourth-order valence-corrected chi connectivity index (χ4v) is 3.49. The van der Waals surface area contributed by atoms with Gasteiger partial charge in [0, 0.05) is 38.4 Å². The summed E-state index contributed by atoms with van der Waals surface area (Å²) in [5.41, 5.74) is 3.67. The van der Waals surface area contributed by atoms with E-state index in [0.29, 0.717) is 5.92 Å². The Hall–Kier alpha value is -2.17. The van der Waals surface area contributed by atoms with Crippen molar-refractivity contribution in [2.45, 2.75) is 19.8 Å². The van der Waals surface area contributed by atoms with Gasteiger partial charge in [0.1, 0.15) is 0 Å². The van der Waals surface area contributed by atoms with E-state index in [-0.39, 0.29) is 0 Å². The molecule has 2 aromatic carbocycles. The highest BCUT2D eigenvalue weighted by Gasteiger charge is 2.18. The molecule has 4 heteroatoms. The molecule has 0 amide bonds. The first-order valence-electron chi connectivity index (χ1n) is 9.71. The second kappa shape index (κ2) is 9.67. The van der Waals surface area contributed by atoms with E-state index in [2.05, 4.69) is 89.6 Å². The second-order valence-electron chi connectivity index (χ2n) is 7.31. The Balaban J connectivity index is 1.43. The summed E-state index contributed by atoms with van der Waals surface area (Å²) < 4.78 is 0. The Morgan fingerprint density at radius 3 is 2.30 bits per heavy atom. The van der Waals surface area contributed by atoms with Crippen LogP contribution >= 0.6 is 12.2 Å². The minimum absolute atomic E-state index is 0.551. The molecule has 1 fully saturated rings. The van der Waals surface area contributed by atoms with Crippen molar-refractivity contribution in [1.82, 2.24) is 9.80 Å². The maximum absolute atomic E-state index is 5.61. The smallest absolute Gasteiger partial charge is 0.173 e. The van der Waals surface area contributed by atoms with Gasteiger partial charge in [0.05, 0.1) is 0 Å². The Kier molecular flexibility index (Phi) is 7.02. The van der Waals surface area contributed by atoms with E-state index < -0.39 is 0 Å². The lowest BCUT2D eigenvalue weighted by Gasteiger charge is -2.35. The molecule has 1 aliphatic heterocycles. The van der Waals surface area contributed by atoms with Crippen LogP contribution in [-0.2, 0) is 0 Å². The van der Waals surface area contributed by atoms with Crippen LogP contribution in [0.3, 0.4) is 0 Å². The summed E-state index contributed by atoms with van der Waals surface area (Å²) >= 11 is 5.61. The molecule has 0 bridgehead atoms. The van der Waals surface area contributed by atoms with Gasteiger partial charge in [-0.25, -0.2) is 0 Å². The van der Waals surface area contributed by atoms with Gasteiger partial charge in [0.25, 0.3) is 0 Å². The number of piperazine rings is 1. The number of nitrogens with zero attached hydrogens (tertiary/aromatic N) is 2. The first-order valence-corrected chi connectivity index (χ1v) is 10.1. The van der Waals surface area contributed by atoms with Gasteiger partial charge in [-0.1, -0.05) is 68.5 Å². The van der Waals surface area contributed by atoms with Crippen LogP contribution in [0.15, 0.2) is 60.7 Å². The third kappa shape index (κ3) is 5.91. The maximum atomic E-state index is 5.61. The van der Waals surface area contributed by atoms with Crippen molar-refractivity contribution in [1.29, 1.82) is 0 Å². The average Bonchev–Trinajstić information content (AvgIpc) is 2.70. The summed E-state index contributed by atoms with van der Waals surface area (Å²) in [6, 6.07) is 19.0. The standard InChI is InChI=1S/C23H29N3S/c1-19(2)21-10-12-22(13-11-21)24-23(27)26-17-15-25(16-18-26)14-6-9-20-7-4-3-5-8-20/h3-13,19H,14-18H2,1-2H3,(H,24,27). The van der Waals surface area contributed by atoms with Gasteiger partial charge in [-0.3, -0.25) is 4.90 Å². The predicted molar refractivity (Wildman–Crippen MR) is 120 cm³/mol. The second-order valence-corrected chi connectivity index (χ2v) is 7.69. The fraction of sp³-hybridized carbons (Fsp3) is 0.348. The fourth-order valence-electron chi connectivity index (χ4n) is 3.19. The van der Waals surface area contributed by atoms with Crippen LogP contribution in [0.5, 0.6) is 0 Å². The molecule has 1 saturated heterocycles. The number of hydrogen-bond acceptors (Lipinski definition) is 2. The van der Waals surface area contributed by atoms with Gasteiger partial charge in [0.2, 0.25) is 0 Å². The lowest BCUT2D eigenvalue weighted by molar-refractivity contribution is 0.200. The summed E-state index contributed by atoms with van der Waals surface area (Å²) in [5, 5.41) is 4.21. The third-order valence-electron chi connectivity index (χ3n) is 4.96. The number of rotatable bonds is 5. The molecule has 0 spiro atoms. The number of thiocarbonyl (C=S) groups is 1. The summed E-state index contributed by atoms with van der Waals surface area (Å²) in [6.45, 7) is 9.41. The average molecular weight is 380 g/mol. The molecule has 0 aromatic heterocycles. The van der Waals surface area contributed by atoms with Gasteiger partial charge in [-0.2, -0.15) is 0 Å². The minimum Gasteiger partial charge on any atom is -0.346 e. The van der Waals surface area contributed by atoms with Crippen LogP contribution in [0.2, 0.25) is 0 Å². The largest absolute Gasteiger partial charge is 0.346 e. The van der Waals surface area contributed by atoms with Crippen LogP contribution < -0.4 is 5.32 Å². The first kappa shape index (κ1) is 19.6. The highest BCUT2D eigenvalue weighted by molar-refractivity contribution is 7.80. The monoisotopic (exact) mass is 379 g/mol. The van der Waals surface area contributed by atoms with E-state index in [4.69, 9.17) is 12.2 Å². The Morgan fingerprint density at radius 2 is 1.67 bits per heavy atom. The van der Waals surface area contributed by atoms with Gasteiger partial charge in [-0.05, 0) is 41.4 Å². The highest BCUT2D eigenvalue weighted by Crippen LogP contribution is 2.17. The molecular weight excluding hydrogens is 350 g/mol. The quantitative estimate of drug-likeness (QED) is 0.749. The molecule has 1 heterocycles. The van der Waals surface area contributed by atoms with Crippen molar-refractivity contribution in [3.8, 4) is 0 Å². The van der Waals surface area contributed by atoms with Gasteiger partial charge in [0.15, 0.2) is 5.11 Å². The van der Waals surface area contributed by atoms with Crippen LogP contribution in [0.25, 0.3) is 6.08 Å². The molecule has 0 unspecified atom stereocenters. The van der Waals surface area contributed by atoms with E-state index in [0.717, 1.165) is 43.5 Å². The molecule has 0 aliphatic carbocycles. The predicted octanol–water partition coefficient (Wildman–Crippen LogP) is 4.84. The van der Waals surface area contributed by atoms with Crippen molar-refractivity contribution in [3.63, 3.8) is 0 Å². The number of anilines is 1. The van der Waals surface area contributed by atoms with Crippen LogP contribution in [0, 0.1) is 0 Å². The van der Waals surface area contributed by atoms with Gasteiger partial charge < -0.3 is 10.2 Å². The number of benzene rings is 2. The molecule has 1 N–H and O–H groups in total. The van der Waals surface area contributed by atoms with Crippen LogP contribution in [-0.4, -0.2) is 47.6 Å². The van der Waals surface area contributed by atoms with Crippen molar-refractivity contribution >= 4 is 29.1 Å². The maximum Gasteiger partial charge on any atom is 0.173 e. The molecule has 142 valence electrons. The van der Waals surface area contributed by atoms with Crippen molar-refractivity contribution in [2.75, 3.05) is 38.0 Å². The Labute approximate surface area is 168 Å². The van der Waals surface area contributed by atoms with Crippen LogP contribution in [0.1, 0.15) is 30.9 Å². The van der Waals surface area contributed by atoms with Crippen molar-refractivity contribution < 1.29 is 0 Å². The van der Waals surface area contributed by atoms with Crippen LogP contribution in [0.4, 0.5) is 5.69 Å².